The molecule has 0 atom stereocenters. The minimum absolute atomic E-state index is 0.00137. The minimum Gasteiger partial charge on any atom is -0.368 e. The van der Waals surface area contributed by atoms with Gasteiger partial charge in [0.05, 0.1) is 22.2 Å². The van der Waals surface area contributed by atoms with Crippen molar-refractivity contribution in [1.29, 1.82) is 0 Å². The molecule has 4 rings (SSSR count). The molecule has 31 heavy (non-hydrogen) atoms. The highest BCUT2D eigenvalue weighted by molar-refractivity contribution is 7.89. The summed E-state index contributed by atoms with van der Waals surface area (Å²) in [5, 5.41) is 10.9. The minimum atomic E-state index is -4.79. The normalized spacial score (nSPS) is 16.0. The van der Waals surface area contributed by atoms with Gasteiger partial charge in [-0.15, -0.1) is 0 Å². The predicted octanol–water partition coefficient (Wildman–Crippen LogP) is 3.13. The molecule has 1 fully saturated rings. The Labute approximate surface area is 178 Å². The van der Waals surface area contributed by atoms with Crippen molar-refractivity contribution in [2.45, 2.75) is 11.1 Å². The lowest BCUT2D eigenvalue weighted by molar-refractivity contribution is -0.385. The number of alkyl halides is 3. The third-order valence-corrected chi connectivity index (χ3v) is 7.42. The van der Waals surface area contributed by atoms with Crippen molar-refractivity contribution >= 4 is 44.2 Å². The average Bonchev–Trinajstić information content (AvgIpc) is 3.21. The van der Waals surface area contributed by atoms with Gasteiger partial charge in [0.1, 0.15) is 15.9 Å². The number of benzene rings is 2. The molecule has 0 unspecified atom stereocenters. The number of nitro benzene ring substituents is 1. The zero-order valence-corrected chi connectivity index (χ0v) is 17.2. The standard InChI is InChI=1S/C17H14F3N5O4S2/c18-17(19,20)12-10-11(25(26)27)4-5-14(12)23-6-8-24(9-7-23)31(28,29)15-3-1-2-13-16(15)22-30-21-13/h1-5,10H,6-9H2. The van der Waals surface area contributed by atoms with Gasteiger partial charge < -0.3 is 4.90 Å². The van der Waals surface area contributed by atoms with Crippen LogP contribution in [0.25, 0.3) is 11.0 Å². The molecule has 0 saturated carbocycles. The second-order valence-electron chi connectivity index (χ2n) is 6.74. The highest BCUT2D eigenvalue weighted by atomic mass is 32.2. The van der Waals surface area contributed by atoms with Crippen molar-refractivity contribution in [2.24, 2.45) is 0 Å². The Morgan fingerprint density at radius 2 is 1.77 bits per heavy atom. The van der Waals surface area contributed by atoms with Crippen LogP contribution in [0.4, 0.5) is 24.5 Å². The monoisotopic (exact) mass is 473 g/mol. The molecular weight excluding hydrogens is 459 g/mol. The van der Waals surface area contributed by atoms with Crippen molar-refractivity contribution in [3.05, 3.63) is 52.1 Å². The van der Waals surface area contributed by atoms with E-state index in [1.54, 1.807) is 12.1 Å². The van der Waals surface area contributed by atoms with E-state index < -0.39 is 32.4 Å². The van der Waals surface area contributed by atoms with E-state index in [2.05, 4.69) is 8.75 Å². The van der Waals surface area contributed by atoms with Crippen molar-refractivity contribution in [1.82, 2.24) is 13.1 Å². The Morgan fingerprint density at radius 3 is 2.42 bits per heavy atom. The van der Waals surface area contributed by atoms with Crippen molar-refractivity contribution < 1.29 is 26.5 Å². The van der Waals surface area contributed by atoms with Crippen LogP contribution < -0.4 is 4.90 Å². The average molecular weight is 473 g/mol. The maximum absolute atomic E-state index is 13.5. The van der Waals surface area contributed by atoms with Gasteiger partial charge in [0.15, 0.2) is 0 Å². The van der Waals surface area contributed by atoms with Gasteiger partial charge in [0, 0.05) is 44.0 Å². The number of halogens is 3. The van der Waals surface area contributed by atoms with Crippen molar-refractivity contribution in [3.63, 3.8) is 0 Å². The van der Waals surface area contributed by atoms with Crippen molar-refractivity contribution in [2.75, 3.05) is 31.1 Å². The summed E-state index contributed by atoms with van der Waals surface area (Å²) in [4.78, 5) is 11.4. The summed E-state index contributed by atoms with van der Waals surface area (Å²) in [7, 11) is -3.92. The summed E-state index contributed by atoms with van der Waals surface area (Å²) in [6, 6.07) is 7.16. The molecule has 0 radical (unpaired) electrons. The van der Waals surface area contributed by atoms with Crippen molar-refractivity contribution in [3.8, 4) is 0 Å². The Hall–Kier alpha value is -2.84. The number of hydrogen-bond acceptors (Lipinski definition) is 8. The fourth-order valence-electron chi connectivity index (χ4n) is 3.44. The maximum Gasteiger partial charge on any atom is 0.418 e. The molecule has 2 aromatic carbocycles. The van der Waals surface area contributed by atoms with Gasteiger partial charge in [-0.1, -0.05) is 6.07 Å². The molecule has 9 nitrogen and oxygen atoms in total. The number of hydrogen-bond donors (Lipinski definition) is 0. The third kappa shape index (κ3) is 3.93. The first-order valence-corrected chi connectivity index (χ1v) is 11.1. The van der Waals surface area contributed by atoms with Crippen LogP contribution in [0.5, 0.6) is 0 Å². The van der Waals surface area contributed by atoms with Crippen LogP contribution in [-0.4, -0.2) is 52.6 Å². The van der Waals surface area contributed by atoms with E-state index in [9.17, 15) is 31.7 Å². The lowest BCUT2D eigenvalue weighted by Crippen LogP contribution is -2.49. The van der Waals surface area contributed by atoms with Gasteiger partial charge in [0.25, 0.3) is 5.69 Å². The van der Waals surface area contributed by atoms with Gasteiger partial charge >= 0.3 is 6.18 Å². The second kappa shape index (κ2) is 7.69. The molecular formula is C17H14F3N5O4S2. The van der Waals surface area contributed by atoms with E-state index in [0.717, 1.165) is 23.9 Å². The van der Waals surface area contributed by atoms with Crippen LogP contribution in [0.2, 0.25) is 0 Å². The van der Waals surface area contributed by atoms with Gasteiger partial charge in [0.2, 0.25) is 10.0 Å². The molecule has 1 saturated heterocycles. The fourth-order valence-corrected chi connectivity index (χ4v) is 5.61. The van der Waals surface area contributed by atoms with E-state index in [1.807, 2.05) is 0 Å². The van der Waals surface area contributed by atoms with Gasteiger partial charge in [-0.2, -0.15) is 26.2 Å². The maximum atomic E-state index is 13.5. The van der Waals surface area contributed by atoms with Crippen LogP contribution in [0.15, 0.2) is 41.3 Å². The lowest BCUT2D eigenvalue weighted by atomic mass is 10.1. The van der Waals surface area contributed by atoms with Crippen LogP contribution in [0.3, 0.4) is 0 Å². The number of rotatable bonds is 4. The number of nitrogens with zero attached hydrogens (tertiary/aromatic N) is 5. The van der Waals surface area contributed by atoms with Crippen LogP contribution in [0.1, 0.15) is 5.56 Å². The zero-order chi connectivity index (χ0) is 22.4. The van der Waals surface area contributed by atoms with E-state index in [1.165, 1.54) is 15.3 Å². The van der Waals surface area contributed by atoms with E-state index in [0.29, 0.717) is 11.6 Å². The molecule has 0 N–H and O–H groups in total. The molecule has 0 amide bonds. The Bertz CT molecular complexity index is 1250. The molecule has 14 heteroatoms. The Kier molecular flexibility index (Phi) is 5.31. The fraction of sp³-hybridized carbons (Fsp3) is 0.294. The summed E-state index contributed by atoms with van der Waals surface area (Å²) in [6.45, 7) is -0.119. The van der Waals surface area contributed by atoms with Gasteiger partial charge in [-0.05, 0) is 18.2 Å². The molecule has 164 valence electrons. The van der Waals surface area contributed by atoms with E-state index in [-0.39, 0.29) is 42.3 Å². The number of nitro groups is 1. The van der Waals surface area contributed by atoms with E-state index >= 15 is 0 Å². The first-order valence-electron chi connectivity index (χ1n) is 8.91. The predicted molar refractivity (Wildman–Crippen MR) is 106 cm³/mol. The number of sulfonamides is 1. The zero-order valence-electron chi connectivity index (χ0n) is 15.6. The SMILES string of the molecule is O=[N+]([O-])c1ccc(N2CCN(S(=O)(=O)c3cccc4nsnc34)CC2)c(C(F)(F)F)c1. The number of aromatic nitrogens is 2. The molecule has 1 aliphatic heterocycles. The Balaban J connectivity index is 1.59. The molecule has 1 aliphatic rings. The van der Waals surface area contributed by atoms with Crippen LogP contribution >= 0.6 is 11.7 Å². The highest BCUT2D eigenvalue weighted by Crippen LogP contribution is 2.39. The quantitative estimate of drug-likeness (QED) is 0.423. The largest absolute Gasteiger partial charge is 0.418 e. The summed E-state index contributed by atoms with van der Waals surface area (Å²) >= 11 is 0.889. The summed E-state index contributed by atoms with van der Waals surface area (Å²) < 4.78 is 75.9. The Morgan fingerprint density at radius 1 is 1.06 bits per heavy atom. The highest BCUT2D eigenvalue weighted by Gasteiger charge is 2.38. The molecule has 0 aliphatic carbocycles. The first kappa shape index (κ1) is 21.4. The third-order valence-electron chi connectivity index (χ3n) is 4.94. The molecule has 0 spiro atoms. The molecule has 3 aromatic rings. The summed E-state index contributed by atoms with van der Waals surface area (Å²) in [6.07, 6.45) is -4.79. The van der Waals surface area contributed by atoms with Gasteiger partial charge in [-0.25, -0.2) is 8.42 Å². The molecule has 0 bridgehead atoms. The molecule has 1 aromatic heterocycles. The smallest absolute Gasteiger partial charge is 0.368 e. The second-order valence-corrected chi connectivity index (χ2v) is 9.17. The number of piperazine rings is 1. The number of non-ortho nitro benzene ring substituents is 1. The first-order chi connectivity index (χ1) is 14.6. The topological polar surface area (TPSA) is 110 Å². The van der Waals surface area contributed by atoms with E-state index in [4.69, 9.17) is 0 Å². The van der Waals surface area contributed by atoms with Gasteiger partial charge in [-0.3, -0.25) is 10.1 Å². The number of anilines is 1. The lowest BCUT2D eigenvalue weighted by Gasteiger charge is -2.36. The summed E-state index contributed by atoms with van der Waals surface area (Å²) in [5.74, 6) is 0. The van der Waals surface area contributed by atoms with Crippen LogP contribution in [-0.2, 0) is 16.2 Å². The molecule has 2 heterocycles. The van der Waals surface area contributed by atoms with Crippen LogP contribution in [0, 0.1) is 10.1 Å². The summed E-state index contributed by atoms with van der Waals surface area (Å²) in [5.41, 5.74) is -1.31. The number of fused-ring (bicyclic) bond motifs is 1.